The van der Waals surface area contributed by atoms with Crippen LogP contribution in [0.15, 0.2) is 66.0 Å². The van der Waals surface area contributed by atoms with Gasteiger partial charge in [-0.05, 0) is 36.4 Å². The number of aromatic nitrogens is 1. The highest BCUT2D eigenvalue weighted by molar-refractivity contribution is 7.17. The fourth-order valence-electron chi connectivity index (χ4n) is 3.36. The highest BCUT2D eigenvalue weighted by Gasteiger charge is 2.18. The fraction of sp³-hybridized carbons (Fsp3) is 0.160. The van der Waals surface area contributed by atoms with Gasteiger partial charge in [-0.15, -0.1) is 22.7 Å². The molecule has 162 valence electrons. The van der Waals surface area contributed by atoms with Gasteiger partial charge in [0.2, 0.25) is 11.8 Å². The number of para-hydroxylation sites is 1. The fourth-order valence-corrected chi connectivity index (χ4v) is 5.25. The van der Waals surface area contributed by atoms with Crippen molar-refractivity contribution in [2.24, 2.45) is 0 Å². The molecule has 0 unspecified atom stereocenters. The first-order valence-corrected chi connectivity index (χ1v) is 11.9. The van der Waals surface area contributed by atoms with Gasteiger partial charge < -0.3 is 10.6 Å². The lowest BCUT2D eigenvalue weighted by Crippen LogP contribution is -2.34. The summed E-state index contributed by atoms with van der Waals surface area (Å²) in [6.45, 7) is 3.81. The summed E-state index contributed by atoms with van der Waals surface area (Å²) in [6.07, 6.45) is 0.175. The normalized spacial score (nSPS) is 10.7. The van der Waals surface area contributed by atoms with Crippen molar-refractivity contribution in [1.82, 2.24) is 10.3 Å². The van der Waals surface area contributed by atoms with Crippen molar-refractivity contribution in [1.29, 1.82) is 0 Å². The summed E-state index contributed by atoms with van der Waals surface area (Å²) in [4.78, 5) is 31.8. The molecule has 0 saturated heterocycles. The van der Waals surface area contributed by atoms with Gasteiger partial charge >= 0.3 is 0 Å². The van der Waals surface area contributed by atoms with E-state index < -0.39 is 0 Å². The molecule has 0 bridgehead atoms. The quantitative estimate of drug-likeness (QED) is 0.384. The average Bonchev–Trinajstić information content (AvgIpc) is 3.46. The second kappa shape index (κ2) is 9.89. The number of carbonyl (C=O) groups is 2. The molecular formula is C25H23N3O2S2. The number of thiazole rings is 1. The minimum atomic E-state index is -0.247. The van der Waals surface area contributed by atoms with E-state index in [9.17, 15) is 9.59 Å². The molecular weight excluding hydrogens is 438 g/mol. The maximum absolute atomic E-state index is 12.7. The lowest BCUT2D eigenvalue weighted by Gasteiger charge is -2.12. The molecule has 0 aliphatic carbocycles. The molecule has 32 heavy (non-hydrogen) atoms. The predicted molar refractivity (Wildman–Crippen MR) is 132 cm³/mol. The van der Waals surface area contributed by atoms with Gasteiger partial charge in [0.25, 0.3) is 0 Å². The highest BCUT2D eigenvalue weighted by atomic mass is 32.1. The molecule has 2 N–H and O–H groups in total. The van der Waals surface area contributed by atoms with Crippen molar-refractivity contribution in [3.8, 4) is 21.1 Å². The van der Waals surface area contributed by atoms with Gasteiger partial charge in [-0.2, -0.15) is 0 Å². The van der Waals surface area contributed by atoms with E-state index in [0.717, 1.165) is 42.8 Å². The molecule has 2 heterocycles. The summed E-state index contributed by atoms with van der Waals surface area (Å²) in [5, 5.41) is 8.52. The van der Waals surface area contributed by atoms with E-state index in [2.05, 4.69) is 10.6 Å². The topological polar surface area (TPSA) is 71.1 Å². The highest BCUT2D eigenvalue weighted by Crippen LogP contribution is 2.36. The molecule has 0 atom stereocenters. The summed E-state index contributed by atoms with van der Waals surface area (Å²) in [5.41, 5.74) is 4.63. The Morgan fingerprint density at radius 2 is 1.66 bits per heavy atom. The Morgan fingerprint density at radius 1 is 0.906 bits per heavy atom. The van der Waals surface area contributed by atoms with Crippen LogP contribution in [0.5, 0.6) is 0 Å². The zero-order chi connectivity index (χ0) is 22.5. The summed E-state index contributed by atoms with van der Waals surface area (Å²) in [6, 6.07) is 19.8. The minimum absolute atomic E-state index is 0.0781. The molecule has 0 radical (unpaired) electrons. The van der Waals surface area contributed by atoms with Crippen LogP contribution in [0.3, 0.4) is 0 Å². The molecule has 0 aliphatic rings. The lowest BCUT2D eigenvalue weighted by atomic mass is 10.1. The Bertz CT molecular complexity index is 1210. The number of aryl methyl sites for hydroxylation is 2. The summed E-state index contributed by atoms with van der Waals surface area (Å²) in [5.74, 6) is -0.453. The molecule has 0 fully saturated rings. The Balaban J connectivity index is 1.45. The van der Waals surface area contributed by atoms with Gasteiger partial charge in [0, 0.05) is 16.1 Å². The van der Waals surface area contributed by atoms with Crippen molar-refractivity contribution in [3.05, 3.63) is 82.0 Å². The molecule has 2 aromatic heterocycles. The number of amides is 2. The minimum Gasteiger partial charge on any atom is -0.347 e. The van der Waals surface area contributed by atoms with Crippen molar-refractivity contribution >= 4 is 40.2 Å². The van der Waals surface area contributed by atoms with Gasteiger partial charge in [0.1, 0.15) is 5.01 Å². The van der Waals surface area contributed by atoms with Crippen LogP contribution in [-0.2, 0) is 16.0 Å². The smallest absolute Gasteiger partial charge is 0.243 e. The van der Waals surface area contributed by atoms with Gasteiger partial charge in [0.05, 0.1) is 23.5 Å². The monoisotopic (exact) mass is 461 g/mol. The third-order valence-electron chi connectivity index (χ3n) is 4.99. The van der Waals surface area contributed by atoms with E-state index in [1.807, 2.05) is 79.9 Å². The number of anilines is 1. The summed E-state index contributed by atoms with van der Waals surface area (Å²) in [7, 11) is 0. The molecule has 0 spiro atoms. The van der Waals surface area contributed by atoms with E-state index in [4.69, 9.17) is 4.98 Å². The van der Waals surface area contributed by atoms with E-state index in [1.54, 1.807) is 11.3 Å². The Hall–Kier alpha value is -3.29. The van der Waals surface area contributed by atoms with Crippen LogP contribution in [0.25, 0.3) is 21.1 Å². The Kier molecular flexibility index (Phi) is 6.78. The number of thiophene rings is 1. The molecule has 0 saturated carbocycles. The van der Waals surface area contributed by atoms with Crippen molar-refractivity contribution in [2.75, 3.05) is 11.9 Å². The third kappa shape index (κ3) is 5.12. The number of hydrogen-bond donors (Lipinski definition) is 2. The maximum Gasteiger partial charge on any atom is 0.243 e. The number of nitrogens with one attached hydrogen (secondary N) is 2. The molecule has 4 aromatic rings. The van der Waals surface area contributed by atoms with Gasteiger partial charge in [-0.25, -0.2) is 4.98 Å². The molecule has 5 nitrogen and oxygen atoms in total. The second-order valence-electron chi connectivity index (χ2n) is 7.40. The largest absolute Gasteiger partial charge is 0.347 e. The summed E-state index contributed by atoms with van der Waals surface area (Å²) >= 11 is 3.11. The second-order valence-corrected chi connectivity index (χ2v) is 9.43. The van der Waals surface area contributed by atoms with E-state index in [-0.39, 0.29) is 24.8 Å². The van der Waals surface area contributed by atoms with Crippen LogP contribution in [-0.4, -0.2) is 23.3 Å². The summed E-state index contributed by atoms with van der Waals surface area (Å²) < 4.78 is 0. The molecule has 0 aliphatic heterocycles. The zero-order valence-electron chi connectivity index (χ0n) is 17.8. The van der Waals surface area contributed by atoms with Crippen LogP contribution in [0.2, 0.25) is 0 Å². The van der Waals surface area contributed by atoms with E-state index >= 15 is 0 Å². The number of benzene rings is 2. The number of carbonyl (C=O) groups excluding carboxylic acids is 2. The Labute approximate surface area is 195 Å². The van der Waals surface area contributed by atoms with Crippen LogP contribution in [0.4, 0.5) is 5.69 Å². The SMILES string of the molecule is Cc1cccc(C)c1NC(=O)CNC(=O)Cc1sc(-c2ccccc2)nc1-c1cccs1. The van der Waals surface area contributed by atoms with Crippen LogP contribution >= 0.6 is 22.7 Å². The van der Waals surface area contributed by atoms with E-state index in [0.29, 0.717) is 0 Å². The van der Waals surface area contributed by atoms with Gasteiger partial charge in [-0.1, -0.05) is 54.6 Å². The average molecular weight is 462 g/mol. The maximum atomic E-state index is 12.7. The first-order valence-electron chi connectivity index (χ1n) is 10.2. The lowest BCUT2D eigenvalue weighted by molar-refractivity contribution is -0.123. The standard InChI is InChI=1S/C25H23N3O2S2/c1-16-8-6-9-17(2)23(16)27-22(30)15-26-21(29)14-20-24(19-12-7-13-31-19)28-25(32-20)18-10-4-3-5-11-18/h3-13H,14-15H2,1-2H3,(H,26,29)(H,27,30). The van der Waals surface area contributed by atoms with Gasteiger partial charge in [-0.3, -0.25) is 9.59 Å². The van der Waals surface area contributed by atoms with E-state index in [1.165, 1.54) is 11.3 Å². The first kappa shape index (κ1) is 21.9. The number of nitrogens with zero attached hydrogens (tertiary/aromatic N) is 1. The van der Waals surface area contributed by atoms with Crippen molar-refractivity contribution in [2.45, 2.75) is 20.3 Å². The zero-order valence-corrected chi connectivity index (χ0v) is 19.5. The van der Waals surface area contributed by atoms with Crippen molar-refractivity contribution in [3.63, 3.8) is 0 Å². The first-order chi connectivity index (χ1) is 15.5. The Morgan fingerprint density at radius 3 is 2.34 bits per heavy atom. The van der Waals surface area contributed by atoms with Crippen LogP contribution in [0.1, 0.15) is 16.0 Å². The molecule has 7 heteroatoms. The predicted octanol–water partition coefficient (Wildman–Crippen LogP) is 5.45. The van der Waals surface area contributed by atoms with Crippen molar-refractivity contribution < 1.29 is 9.59 Å². The molecule has 4 rings (SSSR count). The van der Waals surface area contributed by atoms with Gasteiger partial charge in [0.15, 0.2) is 0 Å². The molecule has 2 aromatic carbocycles. The number of rotatable bonds is 7. The van der Waals surface area contributed by atoms with Crippen LogP contribution < -0.4 is 10.6 Å². The number of hydrogen-bond acceptors (Lipinski definition) is 5. The van der Waals surface area contributed by atoms with Crippen LogP contribution in [0, 0.1) is 13.8 Å². The molecule has 2 amide bonds. The third-order valence-corrected chi connectivity index (χ3v) is 6.97.